The molecule has 0 aromatic rings. The van der Waals surface area contributed by atoms with Gasteiger partial charge < -0.3 is 10.0 Å². The number of rotatable bonds is 3. The molecule has 0 aromatic heterocycles. The van der Waals surface area contributed by atoms with Crippen LogP contribution in [-0.4, -0.2) is 35.7 Å². The van der Waals surface area contributed by atoms with Crippen LogP contribution in [0.2, 0.25) is 0 Å². The highest BCUT2D eigenvalue weighted by atomic mass is 16.3. The molecule has 1 saturated heterocycles. The molecule has 15 heavy (non-hydrogen) atoms. The van der Waals surface area contributed by atoms with Crippen LogP contribution in [0, 0.1) is 11.3 Å². The summed E-state index contributed by atoms with van der Waals surface area (Å²) in [5.41, 5.74) is 0.0131. The van der Waals surface area contributed by atoms with E-state index in [-0.39, 0.29) is 11.5 Å². The third kappa shape index (κ3) is 4.12. The van der Waals surface area contributed by atoms with E-state index in [2.05, 4.69) is 32.6 Å². The predicted octanol–water partition coefficient (Wildman–Crippen LogP) is 2.52. The summed E-state index contributed by atoms with van der Waals surface area (Å²) < 4.78 is 0. The number of aliphatic hydroxyl groups excluding tert-OH is 1. The molecule has 0 spiro atoms. The molecule has 0 saturated carbocycles. The van der Waals surface area contributed by atoms with E-state index < -0.39 is 0 Å². The van der Waals surface area contributed by atoms with E-state index in [1.807, 2.05) is 0 Å². The van der Waals surface area contributed by atoms with Crippen LogP contribution in [0.1, 0.15) is 47.0 Å². The van der Waals surface area contributed by atoms with Crippen LogP contribution >= 0.6 is 0 Å². The summed E-state index contributed by atoms with van der Waals surface area (Å²) >= 11 is 0. The van der Waals surface area contributed by atoms with Crippen LogP contribution in [0.3, 0.4) is 0 Å². The first-order valence-electron chi connectivity index (χ1n) is 6.34. The first-order chi connectivity index (χ1) is 6.93. The van der Waals surface area contributed by atoms with E-state index in [1.165, 1.54) is 32.4 Å². The lowest BCUT2D eigenvalue weighted by Crippen LogP contribution is -2.44. The normalized spacial score (nSPS) is 26.6. The van der Waals surface area contributed by atoms with Crippen molar-refractivity contribution >= 4 is 0 Å². The number of hydrogen-bond donors (Lipinski definition) is 1. The van der Waals surface area contributed by atoms with E-state index in [9.17, 15) is 5.11 Å². The van der Waals surface area contributed by atoms with Crippen molar-refractivity contribution in [1.29, 1.82) is 0 Å². The first kappa shape index (κ1) is 13.0. The second-order valence-corrected chi connectivity index (χ2v) is 6.06. The van der Waals surface area contributed by atoms with Crippen LogP contribution in [0.15, 0.2) is 0 Å². The van der Waals surface area contributed by atoms with E-state index in [4.69, 9.17) is 0 Å². The highest BCUT2D eigenvalue weighted by Gasteiger charge is 2.26. The fraction of sp³-hybridized carbons (Fsp3) is 1.00. The minimum atomic E-state index is -0.201. The van der Waals surface area contributed by atoms with Gasteiger partial charge in [-0.3, -0.25) is 0 Å². The van der Waals surface area contributed by atoms with Gasteiger partial charge in [0.25, 0.3) is 0 Å². The maximum atomic E-state index is 10.1. The Morgan fingerprint density at radius 3 is 2.60 bits per heavy atom. The molecule has 0 radical (unpaired) electrons. The van der Waals surface area contributed by atoms with Crippen LogP contribution in [0.4, 0.5) is 0 Å². The average Bonchev–Trinajstić information content (AvgIpc) is 2.16. The van der Waals surface area contributed by atoms with Gasteiger partial charge in [-0.25, -0.2) is 0 Å². The fourth-order valence-electron chi connectivity index (χ4n) is 2.17. The Hall–Kier alpha value is -0.0800. The zero-order valence-corrected chi connectivity index (χ0v) is 10.8. The minimum absolute atomic E-state index is 0.0131. The van der Waals surface area contributed by atoms with Crippen molar-refractivity contribution in [3.8, 4) is 0 Å². The van der Waals surface area contributed by atoms with Gasteiger partial charge in [-0.15, -0.1) is 0 Å². The van der Waals surface area contributed by atoms with Gasteiger partial charge in [0.05, 0.1) is 6.10 Å². The summed E-state index contributed by atoms with van der Waals surface area (Å²) in [5, 5.41) is 10.1. The molecule has 2 heteroatoms. The first-order valence-corrected chi connectivity index (χ1v) is 6.34. The molecule has 0 amide bonds. The topological polar surface area (TPSA) is 23.5 Å². The molecule has 1 heterocycles. The number of piperidine rings is 1. The zero-order valence-electron chi connectivity index (χ0n) is 10.8. The molecule has 2 nitrogen and oxygen atoms in total. The Kier molecular flexibility index (Phi) is 4.60. The van der Waals surface area contributed by atoms with Crippen LogP contribution in [0.25, 0.3) is 0 Å². The molecule has 2 atom stereocenters. The SMILES string of the molecule is CCC1CCCN(CC(O)C(C)(C)C)C1. The Bertz CT molecular complexity index is 185. The lowest BCUT2D eigenvalue weighted by molar-refractivity contribution is 0.0162. The van der Waals surface area contributed by atoms with Crippen LogP contribution in [-0.2, 0) is 0 Å². The Morgan fingerprint density at radius 1 is 1.40 bits per heavy atom. The van der Waals surface area contributed by atoms with Crippen molar-refractivity contribution in [2.45, 2.75) is 53.1 Å². The summed E-state index contributed by atoms with van der Waals surface area (Å²) in [5.74, 6) is 0.853. The molecule has 0 aliphatic carbocycles. The third-order valence-electron chi connectivity index (χ3n) is 3.61. The highest BCUT2D eigenvalue weighted by molar-refractivity contribution is 4.79. The summed E-state index contributed by atoms with van der Waals surface area (Å²) in [6.07, 6.45) is 3.75. The van der Waals surface area contributed by atoms with Crippen molar-refractivity contribution in [2.24, 2.45) is 11.3 Å². The molecule has 0 bridgehead atoms. The molecular formula is C13H27NO. The molecule has 0 aromatic carbocycles. The van der Waals surface area contributed by atoms with E-state index in [1.54, 1.807) is 0 Å². The number of hydrogen-bond acceptors (Lipinski definition) is 2. The predicted molar refractivity (Wildman–Crippen MR) is 64.9 cm³/mol. The Balaban J connectivity index is 2.38. The smallest absolute Gasteiger partial charge is 0.0715 e. The van der Waals surface area contributed by atoms with E-state index in [0.29, 0.717) is 0 Å². The summed E-state index contributed by atoms with van der Waals surface area (Å²) in [6, 6.07) is 0. The molecule has 2 unspecified atom stereocenters. The van der Waals surface area contributed by atoms with Gasteiger partial charge in [0, 0.05) is 13.1 Å². The molecule has 1 rings (SSSR count). The van der Waals surface area contributed by atoms with Crippen molar-refractivity contribution in [1.82, 2.24) is 4.90 Å². The molecule has 90 valence electrons. The van der Waals surface area contributed by atoms with Crippen LogP contribution < -0.4 is 0 Å². The molecule has 1 aliphatic rings. The van der Waals surface area contributed by atoms with E-state index >= 15 is 0 Å². The van der Waals surface area contributed by atoms with Crippen molar-refractivity contribution < 1.29 is 5.11 Å². The average molecular weight is 213 g/mol. The van der Waals surface area contributed by atoms with Gasteiger partial charge in [-0.1, -0.05) is 34.1 Å². The largest absolute Gasteiger partial charge is 0.391 e. The maximum Gasteiger partial charge on any atom is 0.0715 e. The van der Waals surface area contributed by atoms with Gasteiger partial charge in [-0.05, 0) is 30.7 Å². The van der Waals surface area contributed by atoms with Gasteiger partial charge >= 0.3 is 0 Å². The van der Waals surface area contributed by atoms with Gasteiger partial charge in [0.15, 0.2) is 0 Å². The van der Waals surface area contributed by atoms with Gasteiger partial charge in [0.2, 0.25) is 0 Å². The molecule has 1 aliphatic heterocycles. The number of β-amino-alcohol motifs (C(OH)–C–C–N with tert-alkyl or cyclic N) is 1. The monoisotopic (exact) mass is 213 g/mol. The molecular weight excluding hydrogens is 186 g/mol. The Morgan fingerprint density at radius 2 is 2.07 bits per heavy atom. The summed E-state index contributed by atoms with van der Waals surface area (Å²) in [4.78, 5) is 2.44. The second kappa shape index (κ2) is 5.31. The van der Waals surface area contributed by atoms with Gasteiger partial charge in [-0.2, -0.15) is 0 Å². The summed E-state index contributed by atoms with van der Waals surface area (Å²) in [6.45, 7) is 11.8. The number of likely N-dealkylation sites (tertiary alicyclic amines) is 1. The molecule has 1 N–H and O–H groups in total. The summed E-state index contributed by atoms with van der Waals surface area (Å²) in [7, 11) is 0. The standard InChI is InChI=1S/C13H27NO/c1-5-11-7-6-8-14(9-11)10-12(15)13(2,3)4/h11-12,15H,5-10H2,1-4H3. The lowest BCUT2D eigenvalue weighted by Gasteiger charge is -2.36. The van der Waals surface area contributed by atoms with Crippen molar-refractivity contribution in [3.63, 3.8) is 0 Å². The fourth-order valence-corrected chi connectivity index (χ4v) is 2.17. The quantitative estimate of drug-likeness (QED) is 0.778. The zero-order chi connectivity index (χ0) is 11.5. The minimum Gasteiger partial charge on any atom is -0.391 e. The van der Waals surface area contributed by atoms with Crippen LogP contribution in [0.5, 0.6) is 0 Å². The van der Waals surface area contributed by atoms with Gasteiger partial charge in [0.1, 0.15) is 0 Å². The maximum absolute atomic E-state index is 10.1. The number of aliphatic hydroxyl groups is 1. The lowest BCUT2D eigenvalue weighted by atomic mass is 9.88. The van der Waals surface area contributed by atoms with Crippen molar-refractivity contribution in [2.75, 3.05) is 19.6 Å². The van der Waals surface area contributed by atoms with E-state index in [0.717, 1.165) is 12.5 Å². The third-order valence-corrected chi connectivity index (χ3v) is 3.61. The highest BCUT2D eigenvalue weighted by Crippen LogP contribution is 2.23. The molecule has 1 fully saturated rings. The number of nitrogens with zero attached hydrogens (tertiary/aromatic N) is 1. The van der Waals surface area contributed by atoms with Crippen molar-refractivity contribution in [3.05, 3.63) is 0 Å². The Labute approximate surface area is 94.7 Å². The second-order valence-electron chi connectivity index (χ2n) is 6.06.